The molecule has 14 heavy (non-hydrogen) atoms. The third kappa shape index (κ3) is 6.50. The van der Waals surface area contributed by atoms with Gasteiger partial charge in [-0.25, -0.2) is 0 Å². The monoisotopic (exact) mass is 222 g/mol. The van der Waals surface area contributed by atoms with E-state index >= 15 is 0 Å². The third-order valence-corrected chi connectivity index (χ3v) is 4.08. The molecule has 86 valence electrons. The Morgan fingerprint density at radius 3 is 1.86 bits per heavy atom. The molecular formula is C9H22O4Si. The number of ether oxygens (including phenoxy) is 2. The predicted molar refractivity (Wildman–Crippen MR) is 57.6 cm³/mol. The predicted octanol–water partition coefficient (Wildman–Crippen LogP) is 1.29. The molecule has 0 aliphatic rings. The highest BCUT2D eigenvalue weighted by Crippen LogP contribution is 2.07. The molecule has 0 saturated heterocycles. The molecule has 0 aliphatic carbocycles. The first-order valence-corrected chi connectivity index (χ1v) is 6.83. The summed E-state index contributed by atoms with van der Waals surface area (Å²) < 4.78 is 21.2. The Kier molecular flexibility index (Phi) is 9.64. The summed E-state index contributed by atoms with van der Waals surface area (Å²) in [6.07, 6.45) is 0.704. The smallest absolute Gasteiger partial charge is 0.321 e. The van der Waals surface area contributed by atoms with Gasteiger partial charge in [0.25, 0.3) is 0 Å². The van der Waals surface area contributed by atoms with Gasteiger partial charge in [0, 0.05) is 33.9 Å². The van der Waals surface area contributed by atoms with Crippen molar-refractivity contribution in [3.8, 4) is 0 Å². The van der Waals surface area contributed by atoms with Crippen molar-refractivity contribution >= 4 is 9.28 Å². The second-order valence-electron chi connectivity index (χ2n) is 2.82. The molecule has 0 fully saturated rings. The van der Waals surface area contributed by atoms with Crippen LogP contribution in [0.15, 0.2) is 0 Å². The van der Waals surface area contributed by atoms with Gasteiger partial charge in [-0.3, -0.25) is 0 Å². The van der Waals surface area contributed by atoms with Gasteiger partial charge in [-0.05, 0) is 19.9 Å². The van der Waals surface area contributed by atoms with Gasteiger partial charge in [-0.2, -0.15) is 0 Å². The van der Waals surface area contributed by atoms with E-state index in [1.807, 2.05) is 13.8 Å². The quantitative estimate of drug-likeness (QED) is 0.435. The molecule has 0 aliphatic heterocycles. The Morgan fingerprint density at radius 2 is 1.50 bits per heavy atom. The highest BCUT2D eigenvalue weighted by molar-refractivity contribution is 6.44. The van der Waals surface area contributed by atoms with Gasteiger partial charge in [0.1, 0.15) is 0 Å². The van der Waals surface area contributed by atoms with Crippen LogP contribution in [0, 0.1) is 0 Å². The van der Waals surface area contributed by atoms with Crippen molar-refractivity contribution in [1.82, 2.24) is 0 Å². The molecule has 0 atom stereocenters. The largest absolute Gasteiger partial charge is 0.397 e. The minimum atomic E-state index is -1.48. The van der Waals surface area contributed by atoms with Crippen LogP contribution in [0.3, 0.4) is 0 Å². The van der Waals surface area contributed by atoms with Crippen molar-refractivity contribution in [2.45, 2.75) is 32.6 Å². The van der Waals surface area contributed by atoms with E-state index in [0.717, 1.165) is 25.7 Å². The normalized spacial score (nSPS) is 11.6. The Morgan fingerprint density at radius 1 is 1.00 bits per heavy atom. The number of hydrogen-bond donors (Lipinski definition) is 0. The van der Waals surface area contributed by atoms with Crippen LogP contribution >= 0.6 is 0 Å². The maximum absolute atomic E-state index is 5.53. The fourth-order valence-corrected chi connectivity index (χ4v) is 2.91. The first-order chi connectivity index (χ1) is 6.78. The number of methoxy groups -OCH3 is 2. The summed E-state index contributed by atoms with van der Waals surface area (Å²) in [5.41, 5.74) is 0. The molecule has 0 heterocycles. The summed E-state index contributed by atoms with van der Waals surface area (Å²) in [5, 5.41) is 0. The Labute approximate surface area is 88.3 Å². The van der Waals surface area contributed by atoms with Crippen LogP contribution in [-0.2, 0) is 18.3 Å². The molecule has 0 spiro atoms. The second-order valence-corrected chi connectivity index (χ2v) is 4.92. The molecule has 0 aromatic heterocycles. The van der Waals surface area contributed by atoms with Crippen LogP contribution in [0.1, 0.15) is 20.3 Å². The van der Waals surface area contributed by atoms with E-state index in [2.05, 4.69) is 0 Å². The highest BCUT2D eigenvalue weighted by Gasteiger charge is 2.15. The minimum absolute atomic E-state index is 0.133. The summed E-state index contributed by atoms with van der Waals surface area (Å²) >= 11 is 0. The topological polar surface area (TPSA) is 36.9 Å². The summed E-state index contributed by atoms with van der Waals surface area (Å²) in [7, 11) is 1.81. The van der Waals surface area contributed by atoms with E-state index in [4.69, 9.17) is 18.3 Å². The van der Waals surface area contributed by atoms with E-state index in [1.54, 1.807) is 14.2 Å². The van der Waals surface area contributed by atoms with Crippen LogP contribution in [0.4, 0.5) is 0 Å². The number of hydrogen-bond acceptors (Lipinski definition) is 4. The van der Waals surface area contributed by atoms with E-state index in [-0.39, 0.29) is 6.29 Å². The Balaban J connectivity index is 3.67. The van der Waals surface area contributed by atoms with E-state index < -0.39 is 9.28 Å². The van der Waals surface area contributed by atoms with Gasteiger partial charge < -0.3 is 18.3 Å². The summed E-state index contributed by atoms with van der Waals surface area (Å²) in [4.78, 5) is 0. The molecule has 0 radical (unpaired) electrons. The lowest BCUT2D eigenvalue weighted by atomic mass is 10.5. The minimum Gasteiger partial charge on any atom is -0.397 e. The maximum atomic E-state index is 5.53. The van der Waals surface area contributed by atoms with Gasteiger partial charge in [-0.15, -0.1) is 0 Å². The zero-order valence-electron chi connectivity index (χ0n) is 9.62. The lowest BCUT2D eigenvalue weighted by Crippen LogP contribution is -2.25. The zero-order chi connectivity index (χ0) is 10.8. The average molecular weight is 222 g/mol. The molecule has 0 rings (SSSR count). The van der Waals surface area contributed by atoms with Gasteiger partial charge in [0.2, 0.25) is 0 Å². The van der Waals surface area contributed by atoms with E-state index in [0.29, 0.717) is 0 Å². The van der Waals surface area contributed by atoms with Gasteiger partial charge >= 0.3 is 9.28 Å². The molecule has 0 saturated carbocycles. The van der Waals surface area contributed by atoms with Crippen molar-refractivity contribution in [1.29, 1.82) is 0 Å². The molecule has 0 unspecified atom stereocenters. The van der Waals surface area contributed by atoms with Crippen LogP contribution in [0.25, 0.3) is 0 Å². The molecule has 0 aromatic rings. The Hall–Kier alpha value is 0.0569. The molecular weight excluding hydrogens is 200 g/mol. The van der Waals surface area contributed by atoms with Crippen LogP contribution < -0.4 is 0 Å². The molecule has 0 bridgehead atoms. The van der Waals surface area contributed by atoms with Crippen molar-refractivity contribution < 1.29 is 18.3 Å². The van der Waals surface area contributed by atoms with E-state index in [9.17, 15) is 0 Å². The van der Waals surface area contributed by atoms with Crippen LogP contribution in [0.5, 0.6) is 0 Å². The molecule has 0 aromatic carbocycles. The van der Waals surface area contributed by atoms with Crippen molar-refractivity contribution in [2.75, 3.05) is 27.4 Å². The van der Waals surface area contributed by atoms with Crippen molar-refractivity contribution in [2.24, 2.45) is 0 Å². The Bertz CT molecular complexity index is 113. The number of rotatable bonds is 9. The molecule has 0 N–H and O–H groups in total. The summed E-state index contributed by atoms with van der Waals surface area (Å²) in [5.74, 6) is 0. The lowest BCUT2D eigenvalue weighted by molar-refractivity contribution is -0.104. The second kappa shape index (κ2) is 9.61. The fraction of sp³-hybridized carbons (Fsp3) is 1.00. The van der Waals surface area contributed by atoms with Gasteiger partial charge in [0.15, 0.2) is 6.29 Å². The first kappa shape index (κ1) is 14.1. The maximum Gasteiger partial charge on any atom is 0.321 e. The van der Waals surface area contributed by atoms with Gasteiger partial charge in [-0.1, -0.05) is 0 Å². The highest BCUT2D eigenvalue weighted by atomic mass is 28.3. The molecule has 4 nitrogen and oxygen atoms in total. The fourth-order valence-electron chi connectivity index (χ4n) is 1.19. The van der Waals surface area contributed by atoms with Crippen molar-refractivity contribution in [3.63, 3.8) is 0 Å². The SMILES string of the molecule is CCO[SiH](CCC(OC)OC)OCC. The molecule has 5 heteroatoms. The average Bonchev–Trinajstić information content (AvgIpc) is 2.20. The van der Waals surface area contributed by atoms with Crippen LogP contribution in [-0.4, -0.2) is 43.0 Å². The van der Waals surface area contributed by atoms with Crippen LogP contribution in [0.2, 0.25) is 6.04 Å². The van der Waals surface area contributed by atoms with Crippen molar-refractivity contribution in [3.05, 3.63) is 0 Å². The lowest BCUT2D eigenvalue weighted by Gasteiger charge is -2.17. The zero-order valence-corrected chi connectivity index (χ0v) is 10.8. The molecule has 0 amide bonds. The summed E-state index contributed by atoms with van der Waals surface area (Å²) in [6, 6.07) is 0.925. The third-order valence-electron chi connectivity index (χ3n) is 1.87. The first-order valence-electron chi connectivity index (χ1n) is 5.07. The van der Waals surface area contributed by atoms with Gasteiger partial charge in [0.05, 0.1) is 0 Å². The van der Waals surface area contributed by atoms with E-state index in [1.165, 1.54) is 0 Å². The summed E-state index contributed by atoms with van der Waals surface area (Å²) in [6.45, 7) is 5.43. The standard InChI is InChI=1S/C9H22O4Si/c1-5-12-14(13-6-2)8-7-9(10-3)11-4/h9,14H,5-8H2,1-4H3.